The normalized spacial score (nSPS) is 11.0. The standard InChI is InChI=1S/C26H29N3O4.C9H10O2/c1-33-18-23(26(32)28-16-21-12-7-11-20-10-5-6-13-22(20)21)29-25(31)17-27-24(30)15-14-19-8-3-2-4-9-19;1-8(10)11-7-9-5-3-2-4-6-9/h2-13,23H,14-18H2,1H3,(H,27,30)(H,28,32)(H,29,31);2-6H,7H2,1H3. The highest BCUT2D eigenvalue weighted by Gasteiger charge is 2.21. The molecule has 3 N–H and O–H groups in total. The summed E-state index contributed by atoms with van der Waals surface area (Å²) in [6.07, 6.45) is 0.876. The predicted octanol–water partition coefficient (Wildman–Crippen LogP) is 4.09. The average molecular weight is 598 g/mol. The molecule has 0 saturated carbocycles. The fourth-order valence-electron chi connectivity index (χ4n) is 4.28. The Bertz CT molecular complexity index is 1490. The van der Waals surface area contributed by atoms with Gasteiger partial charge in [-0.3, -0.25) is 19.2 Å². The first kappa shape index (κ1) is 33.5. The van der Waals surface area contributed by atoms with Gasteiger partial charge < -0.3 is 25.4 Å². The molecule has 0 fully saturated rings. The second-order valence-electron chi connectivity index (χ2n) is 9.96. The summed E-state index contributed by atoms with van der Waals surface area (Å²) in [6.45, 7) is 1.92. The molecule has 3 amide bonds. The van der Waals surface area contributed by atoms with E-state index in [1.54, 1.807) is 0 Å². The maximum absolute atomic E-state index is 12.7. The van der Waals surface area contributed by atoms with Gasteiger partial charge in [-0.1, -0.05) is 103 Å². The molecule has 9 heteroatoms. The number of nitrogens with one attached hydrogen (secondary N) is 3. The molecule has 44 heavy (non-hydrogen) atoms. The Hall–Kier alpha value is -5.02. The van der Waals surface area contributed by atoms with Crippen molar-refractivity contribution in [3.8, 4) is 0 Å². The van der Waals surface area contributed by atoms with Crippen LogP contribution in [0.5, 0.6) is 0 Å². The van der Waals surface area contributed by atoms with Crippen molar-refractivity contribution in [3.05, 3.63) is 120 Å². The van der Waals surface area contributed by atoms with Gasteiger partial charge in [-0.05, 0) is 33.9 Å². The SMILES string of the molecule is CC(=O)OCc1ccccc1.COCC(NC(=O)CNC(=O)CCc1ccccc1)C(=O)NCc1cccc2ccccc12. The van der Waals surface area contributed by atoms with Gasteiger partial charge in [-0.2, -0.15) is 0 Å². The van der Waals surface area contributed by atoms with Crippen LogP contribution in [0.4, 0.5) is 0 Å². The predicted molar refractivity (Wildman–Crippen MR) is 169 cm³/mol. The number of carbonyl (C=O) groups is 4. The van der Waals surface area contributed by atoms with Crippen molar-refractivity contribution in [1.29, 1.82) is 0 Å². The van der Waals surface area contributed by atoms with Crippen molar-refractivity contribution in [2.45, 2.75) is 39.0 Å². The second kappa shape index (κ2) is 18.5. The summed E-state index contributed by atoms with van der Waals surface area (Å²) >= 11 is 0. The van der Waals surface area contributed by atoms with Gasteiger partial charge >= 0.3 is 5.97 Å². The first-order valence-electron chi connectivity index (χ1n) is 14.4. The summed E-state index contributed by atoms with van der Waals surface area (Å²) in [5.74, 6) is -1.27. The van der Waals surface area contributed by atoms with E-state index >= 15 is 0 Å². The lowest BCUT2D eigenvalue weighted by molar-refractivity contribution is -0.142. The summed E-state index contributed by atoms with van der Waals surface area (Å²) < 4.78 is 9.89. The molecule has 0 aromatic heterocycles. The van der Waals surface area contributed by atoms with Gasteiger partial charge in [0.25, 0.3) is 0 Å². The summed E-state index contributed by atoms with van der Waals surface area (Å²) in [5.41, 5.74) is 3.05. The fourth-order valence-corrected chi connectivity index (χ4v) is 4.28. The average Bonchev–Trinajstić information content (AvgIpc) is 3.05. The number of hydrogen-bond acceptors (Lipinski definition) is 6. The zero-order valence-electron chi connectivity index (χ0n) is 25.1. The van der Waals surface area contributed by atoms with Gasteiger partial charge in [0, 0.05) is 27.0 Å². The number of aryl methyl sites for hydroxylation is 1. The van der Waals surface area contributed by atoms with E-state index in [1.807, 2.05) is 103 Å². The van der Waals surface area contributed by atoms with Crippen LogP contribution >= 0.6 is 0 Å². The van der Waals surface area contributed by atoms with Crippen LogP contribution in [0.3, 0.4) is 0 Å². The highest BCUT2D eigenvalue weighted by Crippen LogP contribution is 2.18. The minimum Gasteiger partial charge on any atom is -0.461 e. The van der Waals surface area contributed by atoms with E-state index in [9.17, 15) is 19.2 Å². The summed E-state index contributed by atoms with van der Waals surface area (Å²) in [4.78, 5) is 47.4. The summed E-state index contributed by atoms with van der Waals surface area (Å²) in [7, 11) is 1.46. The molecule has 0 bridgehead atoms. The molecule has 0 saturated heterocycles. The molecular weight excluding hydrogens is 558 g/mol. The van der Waals surface area contributed by atoms with Crippen LogP contribution in [0.1, 0.15) is 30.0 Å². The third kappa shape index (κ3) is 12.1. The molecule has 0 spiro atoms. The Morgan fingerprint density at radius 1 is 0.727 bits per heavy atom. The number of esters is 1. The van der Waals surface area contributed by atoms with Gasteiger partial charge in [0.2, 0.25) is 17.7 Å². The van der Waals surface area contributed by atoms with Crippen LogP contribution in [0.25, 0.3) is 10.8 Å². The molecule has 4 aromatic carbocycles. The first-order chi connectivity index (χ1) is 21.4. The number of methoxy groups -OCH3 is 1. The topological polar surface area (TPSA) is 123 Å². The van der Waals surface area contributed by atoms with E-state index in [-0.39, 0.29) is 37.4 Å². The number of rotatable bonds is 13. The molecule has 0 heterocycles. The fraction of sp³-hybridized carbons (Fsp3) is 0.257. The Morgan fingerprint density at radius 2 is 1.36 bits per heavy atom. The lowest BCUT2D eigenvalue weighted by Gasteiger charge is -2.18. The number of benzene rings is 4. The Kier molecular flexibility index (Phi) is 14.1. The molecule has 9 nitrogen and oxygen atoms in total. The molecule has 1 unspecified atom stereocenters. The Morgan fingerprint density at radius 3 is 2.05 bits per heavy atom. The minimum absolute atomic E-state index is 0.0229. The third-order valence-corrected chi connectivity index (χ3v) is 6.53. The number of amides is 3. The molecule has 230 valence electrons. The van der Waals surface area contributed by atoms with Crippen LogP contribution in [0, 0.1) is 0 Å². The van der Waals surface area contributed by atoms with Crippen LogP contribution in [-0.2, 0) is 48.2 Å². The van der Waals surface area contributed by atoms with Crippen LogP contribution < -0.4 is 16.0 Å². The van der Waals surface area contributed by atoms with Gasteiger partial charge in [-0.15, -0.1) is 0 Å². The van der Waals surface area contributed by atoms with E-state index in [0.717, 1.165) is 27.5 Å². The molecule has 0 aliphatic rings. The minimum atomic E-state index is -0.862. The highest BCUT2D eigenvalue weighted by atomic mass is 16.5. The van der Waals surface area contributed by atoms with Gasteiger partial charge in [0.05, 0.1) is 13.2 Å². The largest absolute Gasteiger partial charge is 0.461 e. The molecular formula is C35H39N3O6. The van der Waals surface area contributed by atoms with Crippen LogP contribution in [0.2, 0.25) is 0 Å². The quantitative estimate of drug-likeness (QED) is 0.200. The van der Waals surface area contributed by atoms with E-state index < -0.39 is 11.9 Å². The molecule has 0 aliphatic heterocycles. The number of fused-ring (bicyclic) bond motifs is 1. The zero-order chi connectivity index (χ0) is 31.6. The van der Waals surface area contributed by atoms with Crippen molar-refractivity contribution in [1.82, 2.24) is 16.0 Å². The smallest absolute Gasteiger partial charge is 0.302 e. The summed E-state index contributed by atoms with van der Waals surface area (Å²) in [6, 6.07) is 32.3. The van der Waals surface area contributed by atoms with Crippen molar-refractivity contribution >= 4 is 34.5 Å². The Labute approximate surface area is 258 Å². The lowest BCUT2D eigenvalue weighted by Crippen LogP contribution is -2.51. The first-order valence-corrected chi connectivity index (χ1v) is 14.4. The number of carbonyl (C=O) groups excluding carboxylic acids is 4. The molecule has 1 atom stereocenters. The molecule has 4 aromatic rings. The molecule has 4 rings (SSSR count). The Balaban J connectivity index is 0.000000404. The monoisotopic (exact) mass is 597 g/mol. The third-order valence-electron chi connectivity index (χ3n) is 6.53. The number of ether oxygens (including phenoxy) is 2. The van der Waals surface area contributed by atoms with Crippen LogP contribution in [0.15, 0.2) is 103 Å². The van der Waals surface area contributed by atoms with Crippen molar-refractivity contribution in [2.24, 2.45) is 0 Å². The molecule has 0 radical (unpaired) electrons. The van der Waals surface area contributed by atoms with Crippen LogP contribution in [-0.4, -0.2) is 50.0 Å². The van der Waals surface area contributed by atoms with Crippen molar-refractivity contribution in [2.75, 3.05) is 20.3 Å². The highest BCUT2D eigenvalue weighted by molar-refractivity contribution is 5.91. The van der Waals surface area contributed by atoms with Gasteiger partial charge in [-0.25, -0.2) is 0 Å². The van der Waals surface area contributed by atoms with E-state index in [0.29, 0.717) is 19.6 Å². The summed E-state index contributed by atoms with van der Waals surface area (Å²) in [5, 5.41) is 10.2. The van der Waals surface area contributed by atoms with E-state index in [1.165, 1.54) is 14.0 Å². The number of hydrogen-bond donors (Lipinski definition) is 3. The second-order valence-corrected chi connectivity index (χ2v) is 9.96. The van der Waals surface area contributed by atoms with E-state index in [2.05, 4.69) is 16.0 Å². The maximum Gasteiger partial charge on any atom is 0.302 e. The van der Waals surface area contributed by atoms with Gasteiger partial charge in [0.15, 0.2) is 0 Å². The molecule has 0 aliphatic carbocycles. The lowest BCUT2D eigenvalue weighted by atomic mass is 10.0. The van der Waals surface area contributed by atoms with E-state index in [4.69, 9.17) is 9.47 Å². The zero-order valence-corrected chi connectivity index (χ0v) is 25.1. The van der Waals surface area contributed by atoms with Gasteiger partial charge in [0.1, 0.15) is 12.6 Å². The maximum atomic E-state index is 12.7. The van der Waals surface area contributed by atoms with Crippen molar-refractivity contribution < 1.29 is 28.7 Å². The van der Waals surface area contributed by atoms with Crippen molar-refractivity contribution in [3.63, 3.8) is 0 Å².